The Morgan fingerprint density at radius 3 is 2.68 bits per heavy atom. The van der Waals surface area contributed by atoms with Gasteiger partial charge in [0.15, 0.2) is 9.84 Å². The highest BCUT2D eigenvalue weighted by Crippen LogP contribution is 2.54. The zero-order chi connectivity index (χ0) is 14.3. The van der Waals surface area contributed by atoms with Gasteiger partial charge in [-0.1, -0.05) is 30.7 Å². The molecule has 3 atom stereocenters. The summed E-state index contributed by atoms with van der Waals surface area (Å²) in [7, 11) is -1.69. The maximum atomic E-state index is 12.2. The Labute approximate surface area is 118 Å². The third kappa shape index (κ3) is 2.52. The van der Waals surface area contributed by atoms with Crippen LogP contribution in [0.5, 0.6) is 0 Å². The molecule has 0 radical (unpaired) electrons. The first-order valence-electron chi connectivity index (χ1n) is 6.11. The highest BCUT2D eigenvalue weighted by Gasteiger charge is 2.68. The molecule has 1 aliphatic rings. The van der Waals surface area contributed by atoms with Crippen molar-refractivity contribution in [2.45, 2.75) is 23.6 Å². The largest absolute Gasteiger partial charge is 0.383 e. The summed E-state index contributed by atoms with van der Waals surface area (Å²) in [6, 6.07) is 7.19. The molecule has 0 heterocycles. The van der Waals surface area contributed by atoms with Gasteiger partial charge in [0, 0.05) is 23.8 Å². The summed E-state index contributed by atoms with van der Waals surface area (Å²) in [5.74, 6) is -0.173. The number of ether oxygens (including phenoxy) is 1. The second kappa shape index (κ2) is 5.05. The van der Waals surface area contributed by atoms with Gasteiger partial charge >= 0.3 is 0 Å². The van der Waals surface area contributed by atoms with Gasteiger partial charge in [-0.15, -0.1) is 0 Å². The van der Waals surface area contributed by atoms with Crippen LogP contribution < -0.4 is 5.73 Å². The molecule has 0 unspecified atom stereocenters. The Balaban J connectivity index is 2.39. The molecule has 2 N–H and O–H groups in total. The molecule has 0 spiro atoms. The zero-order valence-electron chi connectivity index (χ0n) is 11.0. The second-order valence-corrected chi connectivity index (χ2v) is 7.80. The maximum Gasteiger partial charge on any atom is 0.155 e. The van der Waals surface area contributed by atoms with Gasteiger partial charge in [0.25, 0.3) is 0 Å². The highest BCUT2D eigenvalue weighted by atomic mass is 35.5. The van der Waals surface area contributed by atoms with Crippen molar-refractivity contribution >= 4 is 21.4 Å². The molecule has 6 heteroatoms. The molecule has 1 aromatic rings. The molecule has 0 aliphatic heterocycles. The number of halogens is 1. The van der Waals surface area contributed by atoms with Crippen LogP contribution >= 0.6 is 11.6 Å². The van der Waals surface area contributed by atoms with Crippen LogP contribution in [0.1, 0.15) is 18.4 Å². The van der Waals surface area contributed by atoms with Crippen LogP contribution in [0.15, 0.2) is 24.3 Å². The van der Waals surface area contributed by atoms with E-state index in [4.69, 9.17) is 22.1 Å². The summed E-state index contributed by atoms with van der Waals surface area (Å²) in [5.41, 5.74) is 6.24. The molecule has 1 aromatic carbocycles. The van der Waals surface area contributed by atoms with Gasteiger partial charge in [0.2, 0.25) is 0 Å². The highest BCUT2D eigenvalue weighted by molar-refractivity contribution is 7.92. The fourth-order valence-electron chi connectivity index (χ4n) is 2.75. The van der Waals surface area contributed by atoms with Crippen molar-refractivity contribution in [1.82, 2.24) is 0 Å². The maximum absolute atomic E-state index is 12.2. The molecule has 2 rings (SSSR count). The predicted octanol–water partition coefficient (Wildman–Crippen LogP) is 1.58. The number of hydrogen-bond acceptors (Lipinski definition) is 4. The van der Waals surface area contributed by atoms with Crippen LogP contribution in [0, 0.1) is 0 Å². The number of rotatable bonds is 5. The van der Waals surface area contributed by atoms with E-state index in [1.54, 1.807) is 25.1 Å². The van der Waals surface area contributed by atoms with Gasteiger partial charge in [0.05, 0.1) is 17.4 Å². The van der Waals surface area contributed by atoms with E-state index in [2.05, 4.69) is 0 Å². The summed E-state index contributed by atoms with van der Waals surface area (Å²) in [6.07, 6.45) is 0. The molecule has 0 aromatic heterocycles. The molecule has 0 bridgehead atoms. The van der Waals surface area contributed by atoms with Crippen LogP contribution in [0.4, 0.5) is 0 Å². The fourth-order valence-corrected chi connectivity index (χ4v) is 4.94. The van der Waals surface area contributed by atoms with Crippen molar-refractivity contribution < 1.29 is 13.2 Å². The van der Waals surface area contributed by atoms with E-state index in [0.29, 0.717) is 5.02 Å². The summed E-state index contributed by atoms with van der Waals surface area (Å²) < 4.78 is 29.4. The Morgan fingerprint density at radius 1 is 1.47 bits per heavy atom. The minimum absolute atomic E-state index is 0.0808. The Morgan fingerprint density at radius 2 is 2.16 bits per heavy atom. The monoisotopic (exact) mass is 303 g/mol. The number of benzene rings is 1. The van der Waals surface area contributed by atoms with Gasteiger partial charge in [-0.25, -0.2) is 8.42 Å². The summed E-state index contributed by atoms with van der Waals surface area (Å²) in [5, 5.41) is -0.0137. The molecule has 106 valence electrons. The van der Waals surface area contributed by atoms with Gasteiger partial charge < -0.3 is 10.5 Å². The standard InChI is InChI=1S/C13H18ClNO3S/c1-3-19(16,17)12-11(13(12,15)8-18-2)9-5-4-6-10(14)7-9/h4-7,11-12H,3,8,15H2,1-2H3/t11-,12+,13+/m0/s1. The lowest BCUT2D eigenvalue weighted by atomic mass is 10.1. The normalized spacial score (nSPS) is 30.3. The lowest BCUT2D eigenvalue weighted by Crippen LogP contribution is -2.36. The van der Waals surface area contributed by atoms with Crippen molar-refractivity contribution in [3.05, 3.63) is 34.9 Å². The smallest absolute Gasteiger partial charge is 0.155 e. The van der Waals surface area contributed by atoms with Crippen molar-refractivity contribution in [2.24, 2.45) is 5.73 Å². The molecule has 0 saturated heterocycles. The topological polar surface area (TPSA) is 69.4 Å². The number of hydrogen-bond donors (Lipinski definition) is 1. The van der Waals surface area contributed by atoms with E-state index in [9.17, 15) is 8.42 Å². The molecule has 1 saturated carbocycles. The van der Waals surface area contributed by atoms with Gasteiger partial charge in [-0.05, 0) is 17.7 Å². The first-order valence-corrected chi connectivity index (χ1v) is 8.21. The van der Waals surface area contributed by atoms with Crippen LogP contribution in [0.2, 0.25) is 5.02 Å². The fraction of sp³-hybridized carbons (Fsp3) is 0.538. The minimum atomic E-state index is -3.21. The van der Waals surface area contributed by atoms with Crippen LogP contribution in [0.25, 0.3) is 0 Å². The number of sulfone groups is 1. The van der Waals surface area contributed by atoms with Gasteiger partial charge in [0.1, 0.15) is 0 Å². The van der Waals surface area contributed by atoms with Crippen molar-refractivity contribution in [2.75, 3.05) is 19.5 Å². The van der Waals surface area contributed by atoms with E-state index in [1.807, 2.05) is 6.07 Å². The molecule has 1 fully saturated rings. The van der Waals surface area contributed by atoms with E-state index in [-0.39, 0.29) is 18.3 Å². The average Bonchev–Trinajstić information content (AvgIpc) is 2.96. The van der Waals surface area contributed by atoms with Crippen LogP contribution in [0.3, 0.4) is 0 Å². The lowest BCUT2D eigenvalue weighted by Gasteiger charge is -2.10. The molecular formula is C13H18ClNO3S. The SMILES string of the molecule is CCS(=O)(=O)[C@@H]1[C@H](c2cccc(Cl)c2)[C@]1(N)COC. The van der Waals surface area contributed by atoms with E-state index in [0.717, 1.165) is 5.56 Å². The molecular weight excluding hydrogens is 286 g/mol. The van der Waals surface area contributed by atoms with E-state index in [1.165, 1.54) is 7.11 Å². The minimum Gasteiger partial charge on any atom is -0.383 e. The lowest BCUT2D eigenvalue weighted by molar-refractivity contribution is 0.171. The molecule has 0 amide bonds. The summed E-state index contributed by atoms with van der Waals surface area (Å²) in [4.78, 5) is 0. The first-order chi connectivity index (χ1) is 8.86. The molecule has 4 nitrogen and oxygen atoms in total. The summed E-state index contributed by atoms with van der Waals surface area (Å²) >= 11 is 5.96. The Hall–Kier alpha value is -0.620. The van der Waals surface area contributed by atoms with Gasteiger partial charge in [-0.3, -0.25) is 0 Å². The zero-order valence-corrected chi connectivity index (χ0v) is 12.5. The average molecular weight is 304 g/mol. The second-order valence-electron chi connectivity index (χ2n) is 4.95. The third-order valence-corrected chi connectivity index (χ3v) is 6.22. The van der Waals surface area contributed by atoms with Crippen molar-refractivity contribution in [3.63, 3.8) is 0 Å². The predicted molar refractivity (Wildman–Crippen MR) is 76.2 cm³/mol. The molecule has 19 heavy (non-hydrogen) atoms. The number of nitrogens with two attached hydrogens (primary N) is 1. The Kier molecular flexibility index (Phi) is 3.93. The third-order valence-electron chi connectivity index (χ3n) is 3.69. The van der Waals surface area contributed by atoms with E-state index >= 15 is 0 Å². The first kappa shape index (κ1) is 14.8. The Bertz CT molecular complexity index is 575. The van der Waals surface area contributed by atoms with Gasteiger partial charge in [-0.2, -0.15) is 0 Å². The number of methoxy groups -OCH3 is 1. The summed E-state index contributed by atoms with van der Waals surface area (Å²) in [6.45, 7) is 1.85. The van der Waals surface area contributed by atoms with Crippen LogP contribution in [-0.2, 0) is 14.6 Å². The van der Waals surface area contributed by atoms with Crippen molar-refractivity contribution in [1.29, 1.82) is 0 Å². The van der Waals surface area contributed by atoms with E-state index < -0.39 is 20.6 Å². The quantitative estimate of drug-likeness (QED) is 0.897. The van der Waals surface area contributed by atoms with Crippen molar-refractivity contribution in [3.8, 4) is 0 Å². The molecule has 1 aliphatic carbocycles. The van der Waals surface area contributed by atoms with Crippen LogP contribution in [-0.4, -0.2) is 38.7 Å².